The Morgan fingerprint density at radius 2 is 1.62 bits per heavy atom. The first-order valence-electron chi connectivity index (χ1n) is 20.8. The SMILES string of the molecule is CCO[C@@H](C(=O)NC1Cc2ccc(cc2)OCCCNC(=O)C(C(C)C)NC1=O)C(Cc1ccccc1)NC(=O)[C@@H](NC(=O)C(CC1=C=CC=C(F)C=C1)NC(C)=O)C(C)C. The van der Waals surface area contributed by atoms with Gasteiger partial charge in [-0.3, -0.25) is 28.8 Å². The number of nitrogens with one attached hydrogen (secondary N) is 6. The van der Waals surface area contributed by atoms with Crippen molar-refractivity contribution in [1.29, 1.82) is 0 Å². The second-order valence-electron chi connectivity index (χ2n) is 15.7. The third-order valence-corrected chi connectivity index (χ3v) is 10.0. The molecule has 6 atom stereocenters. The molecule has 0 fully saturated rings. The van der Waals surface area contributed by atoms with Crippen molar-refractivity contribution in [3.05, 3.63) is 107 Å². The van der Waals surface area contributed by atoms with Crippen LogP contribution in [0.2, 0.25) is 0 Å². The second-order valence-corrected chi connectivity index (χ2v) is 15.7. The number of carbonyl (C=O) groups is 6. The van der Waals surface area contributed by atoms with E-state index in [0.717, 1.165) is 11.1 Å². The topological polar surface area (TPSA) is 193 Å². The third-order valence-electron chi connectivity index (χ3n) is 10.0. The summed E-state index contributed by atoms with van der Waals surface area (Å²) in [6.45, 7) is 10.8. The molecule has 2 heterocycles. The molecular weight excluding hydrogens is 784 g/mol. The highest BCUT2D eigenvalue weighted by Gasteiger charge is 2.37. The summed E-state index contributed by atoms with van der Waals surface area (Å²) >= 11 is 0. The number of rotatable bonds is 16. The molecule has 0 radical (unpaired) electrons. The first kappa shape index (κ1) is 47.6. The number of hydrogen-bond acceptors (Lipinski definition) is 8. The van der Waals surface area contributed by atoms with Gasteiger partial charge in [-0.15, -0.1) is 5.73 Å². The molecule has 14 nitrogen and oxygen atoms in total. The number of amides is 6. The number of hydrogen-bond donors (Lipinski definition) is 6. The van der Waals surface area contributed by atoms with Crippen LogP contribution in [0.15, 0.2) is 96.0 Å². The lowest BCUT2D eigenvalue weighted by molar-refractivity contribution is -0.140. The zero-order valence-electron chi connectivity index (χ0n) is 35.7. The molecule has 6 amide bonds. The van der Waals surface area contributed by atoms with Crippen molar-refractivity contribution in [3.63, 3.8) is 0 Å². The Labute approximate surface area is 357 Å². The predicted molar refractivity (Wildman–Crippen MR) is 228 cm³/mol. The molecule has 15 heteroatoms. The minimum atomic E-state index is -1.33. The highest BCUT2D eigenvalue weighted by atomic mass is 19.1. The van der Waals surface area contributed by atoms with E-state index in [2.05, 4.69) is 37.6 Å². The van der Waals surface area contributed by atoms with Crippen molar-refractivity contribution in [3.8, 4) is 5.75 Å². The lowest BCUT2D eigenvalue weighted by atomic mass is 9.96. The molecule has 2 aromatic carbocycles. The molecular formula is C46H59FN6O8. The van der Waals surface area contributed by atoms with E-state index >= 15 is 0 Å². The summed E-state index contributed by atoms with van der Waals surface area (Å²) in [7, 11) is 0. The van der Waals surface area contributed by atoms with Gasteiger partial charge < -0.3 is 41.4 Å². The molecule has 5 rings (SSSR count). The van der Waals surface area contributed by atoms with E-state index in [0.29, 0.717) is 30.9 Å². The fourth-order valence-corrected chi connectivity index (χ4v) is 6.82. The van der Waals surface area contributed by atoms with Gasteiger partial charge in [0.15, 0.2) is 6.10 Å². The Morgan fingerprint density at radius 1 is 0.902 bits per heavy atom. The van der Waals surface area contributed by atoms with Crippen molar-refractivity contribution in [1.82, 2.24) is 31.9 Å². The number of carbonyl (C=O) groups excluding carboxylic acids is 6. The van der Waals surface area contributed by atoms with Crippen LogP contribution in [-0.4, -0.2) is 91.5 Å². The van der Waals surface area contributed by atoms with Crippen LogP contribution in [0.5, 0.6) is 5.75 Å². The van der Waals surface area contributed by atoms with E-state index in [1.54, 1.807) is 45.0 Å². The zero-order valence-corrected chi connectivity index (χ0v) is 35.7. The van der Waals surface area contributed by atoms with Crippen molar-refractivity contribution in [2.45, 2.75) is 104 Å². The molecule has 61 heavy (non-hydrogen) atoms. The molecule has 2 aromatic rings. The fourth-order valence-electron chi connectivity index (χ4n) is 6.82. The van der Waals surface area contributed by atoms with E-state index in [1.807, 2.05) is 44.2 Å². The van der Waals surface area contributed by atoms with E-state index in [4.69, 9.17) is 9.47 Å². The zero-order chi connectivity index (χ0) is 44.5. The van der Waals surface area contributed by atoms with Crippen LogP contribution >= 0.6 is 0 Å². The summed E-state index contributed by atoms with van der Waals surface area (Å²) < 4.78 is 25.7. The quantitative estimate of drug-likeness (QED) is 0.139. The highest BCUT2D eigenvalue weighted by Crippen LogP contribution is 2.18. The summed E-state index contributed by atoms with van der Waals surface area (Å²) in [6, 6.07) is 11.0. The molecule has 0 saturated carbocycles. The molecule has 0 saturated heterocycles. The summed E-state index contributed by atoms with van der Waals surface area (Å²) in [6.07, 6.45) is 4.65. The molecule has 3 aliphatic rings. The molecule has 6 N–H and O–H groups in total. The fraction of sp³-hybridized carbons (Fsp3) is 0.457. The summed E-state index contributed by atoms with van der Waals surface area (Å²) in [5.41, 5.74) is 4.83. The van der Waals surface area contributed by atoms with Crippen LogP contribution in [-0.2, 0) is 46.3 Å². The minimum absolute atomic E-state index is 0.0373. The van der Waals surface area contributed by atoms with Gasteiger partial charge in [0, 0.05) is 32.9 Å². The van der Waals surface area contributed by atoms with Gasteiger partial charge in [0.2, 0.25) is 29.5 Å². The summed E-state index contributed by atoms with van der Waals surface area (Å²) in [5.74, 6) is -4.03. The maximum absolute atomic E-state index is 14.5. The maximum atomic E-state index is 14.5. The van der Waals surface area contributed by atoms with Crippen LogP contribution in [0, 0.1) is 11.8 Å². The van der Waals surface area contributed by atoms with Gasteiger partial charge in [-0.25, -0.2) is 4.39 Å². The smallest absolute Gasteiger partial charge is 0.251 e. The van der Waals surface area contributed by atoms with Gasteiger partial charge in [0.1, 0.15) is 35.7 Å². The Kier molecular flexibility index (Phi) is 18.5. The van der Waals surface area contributed by atoms with Crippen molar-refractivity contribution >= 4 is 35.4 Å². The lowest BCUT2D eigenvalue weighted by Gasteiger charge is -2.32. The van der Waals surface area contributed by atoms with Gasteiger partial charge in [-0.05, 0) is 84.7 Å². The normalized spacial score (nSPS) is 19.0. The van der Waals surface area contributed by atoms with Gasteiger partial charge in [-0.2, -0.15) is 0 Å². The molecule has 4 unspecified atom stereocenters. The summed E-state index contributed by atoms with van der Waals surface area (Å²) in [5, 5.41) is 16.9. The molecule has 328 valence electrons. The number of benzene rings is 2. The van der Waals surface area contributed by atoms with Crippen LogP contribution in [0.1, 0.15) is 65.5 Å². The van der Waals surface area contributed by atoms with Crippen LogP contribution in [0.3, 0.4) is 0 Å². The van der Waals surface area contributed by atoms with Gasteiger partial charge >= 0.3 is 0 Å². The molecule has 2 bridgehead atoms. The van der Waals surface area contributed by atoms with E-state index in [1.165, 1.54) is 31.2 Å². The number of allylic oxidation sites excluding steroid dienone is 4. The van der Waals surface area contributed by atoms with Gasteiger partial charge in [0.25, 0.3) is 5.91 Å². The first-order valence-corrected chi connectivity index (χ1v) is 20.8. The van der Waals surface area contributed by atoms with Gasteiger partial charge in [0.05, 0.1) is 12.6 Å². The van der Waals surface area contributed by atoms with Crippen LogP contribution in [0.4, 0.5) is 4.39 Å². The standard InChI is InChI=1S/C46H59FN6O8/c1-7-60-41(46(59)51-38-27-33-18-21-35(22-19-33)61-24-12-23-48-44(57)39(28(2)3)52-43(38)56)36(25-31-13-9-8-10-14-31)50-45(58)40(29(4)5)53-42(55)37(49-30(6)54)26-32-15-11-16-34(47)20-17-32/h8-11,13-14,16-22,28-29,36-41H,7,12,23-27H2,1-6H3,(H,48,57)(H,49,54)(H,50,58)(H,51,59)(H,52,56)(H,53,55)/t36?,37?,38?,39?,40-,41+/m0/s1. The second kappa shape index (κ2) is 23.7. The van der Waals surface area contributed by atoms with Crippen molar-refractivity contribution in [2.24, 2.45) is 11.8 Å². The predicted octanol–water partition coefficient (Wildman–Crippen LogP) is 3.43. The Morgan fingerprint density at radius 3 is 2.28 bits per heavy atom. The number of fused-ring (bicyclic) bond motifs is 12. The maximum Gasteiger partial charge on any atom is 0.251 e. The Bertz CT molecular complexity index is 1980. The highest BCUT2D eigenvalue weighted by molar-refractivity contribution is 5.95. The molecule has 0 aromatic heterocycles. The first-order chi connectivity index (χ1) is 29.1. The minimum Gasteiger partial charge on any atom is -0.494 e. The number of ether oxygens (including phenoxy) is 2. The third kappa shape index (κ3) is 15.2. The van der Waals surface area contributed by atoms with E-state index in [-0.39, 0.29) is 37.7 Å². The Balaban J connectivity index is 1.63. The van der Waals surface area contributed by atoms with E-state index in [9.17, 15) is 33.2 Å². The molecule has 0 spiro atoms. The molecule has 2 aliphatic heterocycles. The molecule has 1 aliphatic carbocycles. The van der Waals surface area contributed by atoms with Crippen LogP contribution in [0.25, 0.3) is 0 Å². The monoisotopic (exact) mass is 842 g/mol. The average Bonchev–Trinajstić information content (AvgIpc) is 3.43. The lowest BCUT2D eigenvalue weighted by Crippen LogP contribution is -2.61. The largest absolute Gasteiger partial charge is 0.494 e. The van der Waals surface area contributed by atoms with E-state index < -0.39 is 77.6 Å². The number of halogens is 1. The average molecular weight is 843 g/mol. The Hall–Kier alpha value is -6.05. The van der Waals surface area contributed by atoms with Crippen LogP contribution < -0.4 is 36.6 Å². The summed E-state index contributed by atoms with van der Waals surface area (Å²) in [4.78, 5) is 82.1. The van der Waals surface area contributed by atoms with Crippen molar-refractivity contribution in [2.75, 3.05) is 19.8 Å². The van der Waals surface area contributed by atoms with Crippen molar-refractivity contribution < 1.29 is 42.6 Å². The van der Waals surface area contributed by atoms with Gasteiger partial charge in [-0.1, -0.05) is 70.2 Å².